The van der Waals surface area contributed by atoms with Gasteiger partial charge in [0.2, 0.25) is 0 Å². The lowest BCUT2D eigenvalue weighted by atomic mass is 10.4. The van der Waals surface area contributed by atoms with Gasteiger partial charge in [-0.1, -0.05) is 6.58 Å². The molecule has 0 saturated heterocycles. The summed E-state index contributed by atoms with van der Waals surface area (Å²) in [5, 5.41) is 0. The highest BCUT2D eigenvalue weighted by atomic mass is 28.4. The number of rotatable bonds is 6. The van der Waals surface area contributed by atoms with Gasteiger partial charge in [-0.05, 0) is 6.92 Å². The summed E-state index contributed by atoms with van der Waals surface area (Å²) in [5.41, 5.74) is 0.176. The Morgan fingerprint density at radius 1 is 1.53 bits per heavy atom. The molecule has 0 saturated carbocycles. The molecular weight excluding hydrogens is 240 g/mol. The van der Waals surface area contributed by atoms with Crippen molar-refractivity contribution in [2.24, 2.45) is 0 Å². The van der Waals surface area contributed by atoms with E-state index < -0.39 is 30.0 Å². The lowest BCUT2D eigenvalue weighted by Gasteiger charge is -2.15. The maximum atomic E-state index is 10.8. The molecule has 86 valence electrons. The van der Waals surface area contributed by atoms with Gasteiger partial charge in [-0.25, -0.2) is 4.79 Å². The van der Waals surface area contributed by atoms with E-state index in [1.807, 2.05) is 0 Å². The third-order valence-corrected chi connectivity index (χ3v) is 4.12. The fourth-order valence-corrected chi connectivity index (χ4v) is 2.49. The largest absolute Gasteiger partial charge is 0.752 e. The maximum Gasteiger partial charge on any atom is 0.752 e. The Bertz CT molecular complexity index is 275. The van der Waals surface area contributed by atoms with Crippen LogP contribution in [0.2, 0.25) is 6.04 Å². The maximum absolute atomic E-state index is 10.8. The van der Waals surface area contributed by atoms with Crippen molar-refractivity contribution < 1.29 is 32.5 Å². The first-order valence-corrected chi connectivity index (χ1v) is 7.21. The van der Waals surface area contributed by atoms with E-state index in [-0.39, 0.29) is 12.2 Å². The van der Waals surface area contributed by atoms with Crippen LogP contribution < -0.4 is 0 Å². The first-order valence-electron chi connectivity index (χ1n) is 3.94. The van der Waals surface area contributed by atoms with Crippen molar-refractivity contribution in [3.05, 3.63) is 12.2 Å². The SMILES string of the molecule is C=C(C)C(=O)OCC[Si](O)(O)O[Si](=O)O. The van der Waals surface area contributed by atoms with Gasteiger partial charge in [0.15, 0.2) is 0 Å². The molecule has 0 unspecified atom stereocenters. The molecule has 0 aromatic carbocycles. The molecule has 0 fully saturated rings. The molecule has 0 radical (unpaired) electrons. The predicted octanol–water partition coefficient (Wildman–Crippen LogP) is -1.55. The predicted molar refractivity (Wildman–Crippen MR) is 50.5 cm³/mol. The van der Waals surface area contributed by atoms with Crippen LogP contribution in [0.4, 0.5) is 0 Å². The van der Waals surface area contributed by atoms with Crippen molar-refractivity contribution in [2.45, 2.75) is 13.0 Å². The minimum Gasteiger partial charge on any atom is -0.512 e. The van der Waals surface area contributed by atoms with Gasteiger partial charge >= 0.3 is 23.9 Å². The highest BCUT2D eigenvalue weighted by molar-refractivity contribution is 6.63. The molecule has 0 spiro atoms. The van der Waals surface area contributed by atoms with E-state index in [0.29, 0.717) is 0 Å². The topological polar surface area (TPSA) is 113 Å². The van der Waals surface area contributed by atoms with Crippen molar-refractivity contribution in [3.8, 4) is 0 Å². The highest BCUT2D eigenvalue weighted by Crippen LogP contribution is 2.04. The Labute approximate surface area is 88.8 Å². The van der Waals surface area contributed by atoms with E-state index in [1.54, 1.807) is 0 Å². The lowest BCUT2D eigenvalue weighted by molar-refractivity contribution is -0.138. The van der Waals surface area contributed by atoms with Crippen LogP contribution >= 0.6 is 0 Å². The number of hydrogen-bond donors (Lipinski definition) is 3. The molecule has 3 N–H and O–H groups in total. The monoisotopic (exact) mass is 252 g/mol. The summed E-state index contributed by atoms with van der Waals surface area (Å²) in [6, 6.07) is -0.400. The van der Waals surface area contributed by atoms with Gasteiger partial charge < -0.3 is 23.2 Å². The minimum atomic E-state index is -4.19. The molecule has 0 bridgehead atoms. The summed E-state index contributed by atoms with van der Waals surface area (Å²) >= 11 is 0. The van der Waals surface area contributed by atoms with Crippen LogP contribution in [0.3, 0.4) is 0 Å². The zero-order valence-corrected chi connectivity index (χ0v) is 10.1. The molecule has 0 aromatic heterocycles. The molecule has 0 aliphatic rings. The normalized spacial score (nSPS) is 10.6. The number of carbonyl (C=O) groups is 1. The Kier molecular flexibility index (Phi) is 5.35. The van der Waals surface area contributed by atoms with Crippen molar-refractivity contribution in [1.82, 2.24) is 0 Å². The molecule has 15 heavy (non-hydrogen) atoms. The summed E-state index contributed by atoms with van der Waals surface area (Å²) in [6.07, 6.45) is 0. The smallest absolute Gasteiger partial charge is 0.512 e. The van der Waals surface area contributed by atoms with Gasteiger partial charge in [-0.15, -0.1) is 0 Å². The van der Waals surface area contributed by atoms with Gasteiger partial charge in [0, 0.05) is 5.57 Å². The number of carbonyl (C=O) groups excluding carboxylic acids is 1. The Morgan fingerprint density at radius 3 is 2.47 bits per heavy atom. The summed E-state index contributed by atoms with van der Waals surface area (Å²) in [7, 11) is -7.60. The molecule has 0 aliphatic carbocycles. The average molecular weight is 252 g/mol. The fraction of sp³-hybridized carbons (Fsp3) is 0.500. The van der Waals surface area contributed by atoms with E-state index in [2.05, 4.69) is 15.4 Å². The lowest BCUT2D eigenvalue weighted by Crippen LogP contribution is -2.43. The highest BCUT2D eigenvalue weighted by Gasteiger charge is 2.37. The molecule has 0 atom stereocenters. The Balaban J connectivity index is 3.89. The molecule has 7 nitrogen and oxygen atoms in total. The van der Waals surface area contributed by atoms with Crippen LogP contribution in [-0.2, 0) is 18.1 Å². The summed E-state index contributed by atoms with van der Waals surface area (Å²) in [4.78, 5) is 37.3. The number of esters is 1. The molecule has 0 aliphatic heterocycles. The first-order chi connectivity index (χ1) is 6.74. The third kappa shape index (κ3) is 6.96. The van der Waals surface area contributed by atoms with Gasteiger partial charge in [0.05, 0.1) is 12.7 Å². The average Bonchev–Trinajstić information content (AvgIpc) is 2.00. The third-order valence-electron chi connectivity index (χ3n) is 1.26. The molecule has 0 amide bonds. The van der Waals surface area contributed by atoms with Crippen LogP contribution in [0, 0.1) is 0 Å². The van der Waals surface area contributed by atoms with Gasteiger partial charge in [0.25, 0.3) is 0 Å². The van der Waals surface area contributed by atoms with Crippen LogP contribution in [0.1, 0.15) is 6.92 Å². The van der Waals surface area contributed by atoms with E-state index in [0.717, 1.165) is 0 Å². The molecule has 9 heteroatoms. The zero-order chi connectivity index (χ0) is 12.1. The quantitative estimate of drug-likeness (QED) is 0.298. The summed E-state index contributed by atoms with van der Waals surface area (Å²) in [5.74, 6) is -0.670. The van der Waals surface area contributed by atoms with Crippen molar-refractivity contribution in [1.29, 1.82) is 0 Å². The second kappa shape index (κ2) is 5.75. The van der Waals surface area contributed by atoms with Crippen LogP contribution in [-0.4, -0.2) is 44.9 Å². The second-order valence-electron chi connectivity index (χ2n) is 2.78. The summed E-state index contributed by atoms with van der Waals surface area (Å²) < 4.78 is 18.7. The summed E-state index contributed by atoms with van der Waals surface area (Å²) in [6.45, 7) is 4.45. The van der Waals surface area contributed by atoms with Gasteiger partial charge in [-0.2, -0.15) is 0 Å². The number of hydrogen-bond acceptors (Lipinski definition) is 6. The zero-order valence-electron chi connectivity index (χ0n) is 8.10. The fourth-order valence-electron chi connectivity index (χ4n) is 0.591. The molecular formula is C6H12O7Si2. The van der Waals surface area contributed by atoms with E-state index in [4.69, 9.17) is 14.4 Å². The standard InChI is InChI=1S/C6H12O7Si2/c1-5(2)6(7)12-3-4-15(10,11)13-14(8)9/h8,10-11H,1,3-4H2,2H3. The molecule has 0 rings (SSSR count). The molecule has 0 heterocycles. The van der Waals surface area contributed by atoms with Crippen LogP contribution in [0.25, 0.3) is 0 Å². The minimum absolute atomic E-state index is 0.176. The van der Waals surface area contributed by atoms with Crippen molar-refractivity contribution >= 4 is 23.9 Å². The number of ether oxygens (including phenoxy) is 1. The first kappa shape index (κ1) is 14.0. The Morgan fingerprint density at radius 2 is 2.07 bits per heavy atom. The van der Waals surface area contributed by atoms with Crippen molar-refractivity contribution in [3.63, 3.8) is 0 Å². The van der Waals surface area contributed by atoms with E-state index >= 15 is 0 Å². The van der Waals surface area contributed by atoms with E-state index in [1.165, 1.54) is 6.92 Å². The molecule has 0 aromatic rings. The van der Waals surface area contributed by atoms with Gasteiger partial charge in [0.1, 0.15) is 0 Å². The Hall–Kier alpha value is -1.04. The van der Waals surface area contributed by atoms with Crippen LogP contribution in [0.15, 0.2) is 12.2 Å². The van der Waals surface area contributed by atoms with Gasteiger partial charge in [-0.3, -0.25) is 4.46 Å². The van der Waals surface area contributed by atoms with E-state index in [9.17, 15) is 9.26 Å². The van der Waals surface area contributed by atoms with Crippen molar-refractivity contribution in [2.75, 3.05) is 6.61 Å². The second-order valence-corrected chi connectivity index (χ2v) is 6.11. The van der Waals surface area contributed by atoms with Crippen LogP contribution in [0.5, 0.6) is 0 Å².